The number of nitrogens with one attached hydrogen (secondary N) is 2. The van der Waals surface area contributed by atoms with Crippen molar-refractivity contribution in [1.82, 2.24) is 10.7 Å². The lowest BCUT2D eigenvalue weighted by Crippen LogP contribution is -2.32. The van der Waals surface area contributed by atoms with E-state index in [9.17, 15) is 14.7 Å². The van der Waals surface area contributed by atoms with Crippen molar-refractivity contribution < 1.29 is 14.7 Å². The number of hydrazone groups is 1. The van der Waals surface area contributed by atoms with Crippen LogP contribution in [0.1, 0.15) is 21.5 Å². The quantitative estimate of drug-likeness (QED) is 0.236. The summed E-state index contributed by atoms with van der Waals surface area (Å²) >= 11 is 6.57. The van der Waals surface area contributed by atoms with E-state index in [4.69, 9.17) is 0 Å². The summed E-state index contributed by atoms with van der Waals surface area (Å²) in [6.45, 7) is 0. The van der Waals surface area contributed by atoms with Gasteiger partial charge in [0.2, 0.25) is 0 Å². The largest absolute Gasteiger partial charge is 0.506 e. The number of amides is 2. The van der Waals surface area contributed by atoms with Gasteiger partial charge in [0.15, 0.2) is 0 Å². The third kappa shape index (κ3) is 6.37. The lowest BCUT2D eigenvalue weighted by atomic mass is 10.1. The van der Waals surface area contributed by atoms with E-state index in [1.54, 1.807) is 48.5 Å². The molecular weight excluding hydrogens is 526 g/mol. The first-order chi connectivity index (χ1) is 14.9. The third-order valence-electron chi connectivity index (χ3n) is 4.07. The van der Waals surface area contributed by atoms with E-state index in [0.717, 1.165) is 10.0 Å². The first-order valence-electron chi connectivity index (χ1n) is 9.08. The SMILES string of the molecule is O=C(N/N=C/c1cc(Br)cc(Br)c1O)/C(=C/c1ccccc1)NC(=O)c1ccccc1. The van der Waals surface area contributed by atoms with Gasteiger partial charge in [0.1, 0.15) is 11.4 Å². The van der Waals surface area contributed by atoms with Crippen LogP contribution in [0, 0.1) is 0 Å². The molecule has 0 spiro atoms. The molecule has 3 N–H and O–H groups in total. The minimum atomic E-state index is -0.613. The van der Waals surface area contributed by atoms with Crippen molar-refractivity contribution in [2.24, 2.45) is 5.10 Å². The number of hydrogen-bond acceptors (Lipinski definition) is 4. The molecule has 0 saturated carbocycles. The standard InChI is InChI=1S/C23H17Br2N3O3/c24-18-12-17(21(29)19(25)13-18)14-26-28-23(31)20(11-15-7-3-1-4-8-15)27-22(30)16-9-5-2-6-10-16/h1-14,29H,(H,27,30)(H,28,31)/b20-11-,26-14+. The van der Waals surface area contributed by atoms with Crippen LogP contribution in [0.3, 0.4) is 0 Å². The van der Waals surface area contributed by atoms with Gasteiger partial charge in [0.05, 0.1) is 10.7 Å². The molecule has 0 fully saturated rings. The van der Waals surface area contributed by atoms with Gasteiger partial charge >= 0.3 is 0 Å². The molecule has 0 atom stereocenters. The van der Waals surface area contributed by atoms with E-state index >= 15 is 0 Å². The zero-order valence-electron chi connectivity index (χ0n) is 16.0. The summed E-state index contributed by atoms with van der Waals surface area (Å²) in [6, 6.07) is 21.0. The molecule has 0 radical (unpaired) electrons. The molecule has 0 aliphatic carbocycles. The maximum atomic E-state index is 12.7. The molecule has 3 aromatic rings. The molecule has 3 rings (SSSR count). The Morgan fingerprint density at radius 3 is 2.26 bits per heavy atom. The molecule has 6 nitrogen and oxygen atoms in total. The molecule has 2 amide bonds. The molecule has 0 aliphatic heterocycles. The Bertz CT molecular complexity index is 1150. The van der Waals surface area contributed by atoms with Crippen LogP contribution in [0.5, 0.6) is 5.75 Å². The van der Waals surface area contributed by atoms with Crippen LogP contribution in [-0.2, 0) is 4.79 Å². The van der Waals surface area contributed by atoms with Gasteiger partial charge in [-0.3, -0.25) is 9.59 Å². The van der Waals surface area contributed by atoms with Crippen LogP contribution in [0.25, 0.3) is 6.08 Å². The van der Waals surface area contributed by atoms with E-state index in [1.807, 2.05) is 30.3 Å². The molecule has 0 unspecified atom stereocenters. The zero-order valence-corrected chi connectivity index (χ0v) is 19.2. The van der Waals surface area contributed by atoms with Crippen LogP contribution in [0.2, 0.25) is 0 Å². The molecule has 3 aromatic carbocycles. The van der Waals surface area contributed by atoms with Crippen LogP contribution in [0.4, 0.5) is 0 Å². The predicted octanol–water partition coefficient (Wildman–Crippen LogP) is 4.84. The molecular formula is C23H17Br2N3O3. The third-order valence-corrected chi connectivity index (χ3v) is 5.13. The number of hydrogen-bond donors (Lipinski definition) is 3. The number of nitrogens with zero attached hydrogens (tertiary/aromatic N) is 1. The van der Waals surface area contributed by atoms with Gasteiger partial charge in [-0.25, -0.2) is 5.43 Å². The van der Waals surface area contributed by atoms with E-state index in [-0.39, 0.29) is 11.4 Å². The second-order valence-electron chi connectivity index (χ2n) is 6.31. The first kappa shape index (κ1) is 22.5. The lowest BCUT2D eigenvalue weighted by Gasteiger charge is -2.09. The number of carbonyl (C=O) groups is 2. The van der Waals surface area contributed by atoms with Gasteiger partial charge in [0, 0.05) is 15.6 Å². The second-order valence-corrected chi connectivity index (χ2v) is 8.08. The van der Waals surface area contributed by atoms with Crippen molar-refractivity contribution in [2.75, 3.05) is 0 Å². The summed E-state index contributed by atoms with van der Waals surface area (Å²) in [6.07, 6.45) is 2.86. The second kappa shape index (κ2) is 10.7. The molecule has 0 aromatic heterocycles. The van der Waals surface area contributed by atoms with Crippen molar-refractivity contribution in [3.8, 4) is 5.75 Å². The molecule has 0 aliphatic rings. The zero-order chi connectivity index (χ0) is 22.2. The number of phenols is 1. The Kier molecular flexibility index (Phi) is 7.75. The van der Waals surface area contributed by atoms with Gasteiger partial charge in [-0.2, -0.15) is 5.10 Å². The summed E-state index contributed by atoms with van der Waals surface area (Å²) < 4.78 is 1.21. The van der Waals surface area contributed by atoms with E-state index in [2.05, 4.69) is 47.7 Å². The van der Waals surface area contributed by atoms with E-state index in [0.29, 0.717) is 15.6 Å². The summed E-state index contributed by atoms with van der Waals surface area (Å²) in [4.78, 5) is 25.3. The summed E-state index contributed by atoms with van der Waals surface area (Å²) in [7, 11) is 0. The van der Waals surface area contributed by atoms with Crippen LogP contribution in [-0.4, -0.2) is 23.1 Å². The fourth-order valence-electron chi connectivity index (χ4n) is 2.56. The Morgan fingerprint density at radius 2 is 1.58 bits per heavy atom. The Balaban J connectivity index is 1.81. The molecule has 8 heteroatoms. The number of aromatic hydroxyl groups is 1. The van der Waals surface area contributed by atoms with Crippen molar-refractivity contribution >= 4 is 56.0 Å². The average molecular weight is 543 g/mol. The van der Waals surface area contributed by atoms with Crippen molar-refractivity contribution in [1.29, 1.82) is 0 Å². The average Bonchev–Trinajstić information content (AvgIpc) is 2.77. The van der Waals surface area contributed by atoms with Crippen LogP contribution >= 0.6 is 31.9 Å². The molecule has 31 heavy (non-hydrogen) atoms. The van der Waals surface area contributed by atoms with Crippen LogP contribution in [0.15, 0.2) is 92.5 Å². The Hall–Kier alpha value is -3.23. The normalized spacial score (nSPS) is 11.4. The highest BCUT2D eigenvalue weighted by molar-refractivity contribution is 9.11. The topological polar surface area (TPSA) is 90.8 Å². The van der Waals surface area contributed by atoms with Crippen molar-refractivity contribution in [3.63, 3.8) is 0 Å². The number of rotatable bonds is 6. The number of halogens is 2. The maximum Gasteiger partial charge on any atom is 0.287 e. The van der Waals surface area contributed by atoms with Gasteiger partial charge < -0.3 is 10.4 Å². The number of carbonyl (C=O) groups excluding carboxylic acids is 2. The number of phenolic OH excluding ortho intramolecular Hbond substituents is 1. The summed E-state index contributed by atoms with van der Waals surface area (Å²) in [5.41, 5.74) is 3.95. The maximum absolute atomic E-state index is 12.7. The smallest absolute Gasteiger partial charge is 0.287 e. The highest BCUT2D eigenvalue weighted by atomic mass is 79.9. The molecule has 0 bridgehead atoms. The fourth-order valence-corrected chi connectivity index (χ4v) is 3.82. The molecule has 0 saturated heterocycles. The lowest BCUT2D eigenvalue weighted by molar-refractivity contribution is -0.117. The highest BCUT2D eigenvalue weighted by Gasteiger charge is 2.14. The minimum Gasteiger partial charge on any atom is -0.506 e. The van der Waals surface area contributed by atoms with Gasteiger partial charge in [-0.05, 0) is 51.8 Å². The molecule has 0 heterocycles. The predicted molar refractivity (Wildman–Crippen MR) is 128 cm³/mol. The number of benzene rings is 3. The highest BCUT2D eigenvalue weighted by Crippen LogP contribution is 2.30. The molecule has 156 valence electrons. The van der Waals surface area contributed by atoms with Crippen LogP contribution < -0.4 is 10.7 Å². The van der Waals surface area contributed by atoms with Crippen molar-refractivity contribution in [2.45, 2.75) is 0 Å². The summed E-state index contributed by atoms with van der Waals surface area (Å²) in [5.74, 6) is -1.05. The van der Waals surface area contributed by atoms with Crippen molar-refractivity contribution in [3.05, 3.63) is 104 Å². The fraction of sp³-hybridized carbons (Fsp3) is 0. The van der Waals surface area contributed by atoms with Gasteiger partial charge in [0.25, 0.3) is 11.8 Å². The Labute approximate surface area is 195 Å². The van der Waals surface area contributed by atoms with Gasteiger partial charge in [-0.15, -0.1) is 0 Å². The van der Waals surface area contributed by atoms with E-state index in [1.165, 1.54) is 6.21 Å². The monoisotopic (exact) mass is 541 g/mol. The minimum absolute atomic E-state index is 0.0152. The first-order valence-corrected chi connectivity index (χ1v) is 10.7. The summed E-state index contributed by atoms with van der Waals surface area (Å²) in [5, 5.41) is 16.6. The van der Waals surface area contributed by atoms with E-state index < -0.39 is 11.8 Å². The Morgan fingerprint density at radius 1 is 0.935 bits per heavy atom. The van der Waals surface area contributed by atoms with Gasteiger partial charge in [-0.1, -0.05) is 64.5 Å².